The van der Waals surface area contributed by atoms with Crippen LogP contribution in [0.25, 0.3) is 11.5 Å². The highest BCUT2D eigenvalue weighted by atomic mass is 19.3. The molecule has 3 aromatic rings. The fraction of sp³-hybridized carbons (Fsp3) is 0.368. The fourth-order valence-corrected chi connectivity index (χ4v) is 2.60. The summed E-state index contributed by atoms with van der Waals surface area (Å²) in [6, 6.07) is 8.06. The number of hydrogen-bond acceptors (Lipinski definition) is 7. The van der Waals surface area contributed by atoms with Gasteiger partial charge in [-0.25, -0.2) is 9.97 Å². The number of alkyl halides is 2. The second-order valence-corrected chi connectivity index (χ2v) is 6.68. The first-order valence-electron chi connectivity index (χ1n) is 8.97. The Labute approximate surface area is 160 Å². The van der Waals surface area contributed by atoms with Crippen LogP contribution in [0.4, 0.5) is 14.7 Å². The topological polar surface area (TPSA) is 86.0 Å². The molecule has 4 rings (SSSR count). The minimum atomic E-state index is -2.81. The lowest BCUT2D eigenvalue weighted by Crippen LogP contribution is -2.19. The van der Waals surface area contributed by atoms with Crippen LogP contribution in [0.15, 0.2) is 41.1 Å². The number of aryl methyl sites for hydroxylation is 1. The predicted octanol–water partition coefficient (Wildman–Crippen LogP) is 4.10. The maximum absolute atomic E-state index is 12.6. The number of rotatable bonds is 8. The van der Waals surface area contributed by atoms with E-state index < -0.39 is 12.3 Å². The van der Waals surface area contributed by atoms with Crippen LogP contribution in [0.5, 0.6) is 0 Å². The normalized spacial score (nSPS) is 15.0. The fourth-order valence-electron chi connectivity index (χ4n) is 2.60. The van der Waals surface area contributed by atoms with E-state index in [0.29, 0.717) is 24.2 Å². The van der Waals surface area contributed by atoms with E-state index in [1.807, 2.05) is 31.2 Å². The van der Waals surface area contributed by atoms with Crippen molar-refractivity contribution < 1.29 is 17.9 Å². The maximum Gasteiger partial charge on any atom is 0.314 e. The van der Waals surface area contributed by atoms with Crippen LogP contribution in [-0.2, 0) is 4.74 Å². The molecule has 0 radical (unpaired) electrons. The van der Waals surface area contributed by atoms with Gasteiger partial charge in [-0.15, -0.1) is 10.2 Å². The van der Waals surface area contributed by atoms with Crippen LogP contribution in [0.3, 0.4) is 0 Å². The van der Waals surface area contributed by atoms with E-state index in [1.54, 1.807) is 0 Å². The van der Waals surface area contributed by atoms with Crippen molar-refractivity contribution in [1.82, 2.24) is 20.2 Å². The monoisotopic (exact) mass is 387 g/mol. The summed E-state index contributed by atoms with van der Waals surface area (Å²) in [5, 5.41) is 10.2. The second kappa shape index (κ2) is 7.97. The quantitative estimate of drug-likeness (QED) is 0.623. The molecule has 0 saturated heterocycles. The molecule has 0 spiro atoms. The number of nitrogens with one attached hydrogen (secondary N) is 1. The standard InChI is InChI=1S/C19H19F2N5O2/c1-11-2-4-12(5-3-11)15(10-27-14-6-7-14)24-19-22-8-13(9-23-19)17-25-26-18(28-17)16(20)21/h2-5,8-9,14-16H,6-7,10H2,1H3,(H,22,23,24). The Morgan fingerprint density at radius 2 is 1.86 bits per heavy atom. The number of benzene rings is 1. The van der Waals surface area contributed by atoms with E-state index in [-0.39, 0.29) is 11.9 Å². The van der Waals surface area contributed by atoms with Gasteiger partial charge in [0.1, 0.15) is 0 Å². The van der Waals surface area contributed by atoms with Crippen LogP contribution in [-0.4, -0.2) is 32.9 Å². The summed E-state index contributed by atoms with van der Waals surface area (Å²) in [5.41, 5.74) is 2.61. The Balaban J connectivity index is 1.48. The molecule has 2 aromatic heterocycles. The Hall–Kier alpha value is -2.94. The molecule has 0 bridgehead atoms. The minimum Gasteiger partial charge on any atom is -0.415 e. The SMILES string of the molecule is Cc1ccc(C(COC2CC2)Nc2ncc(-c3nnc(C(F)F)o3)cn2)cc1. The first-order valence-corrected chi connectivity index (χ1v) is 8.97. The van der Waals surface area contributed by atoms with Gasteiger partial charge in [0.25, 0.3) is 11.8 Å². The Bertz CT molecular complexity index is 911. The second-order valence-electron chi connectivity index (χ2n) is 6.68. The van der Waals surface area contributed by atoms with Gasteiger partial charge in [-0.3, -0.25) is 0 Å². The molecular formula is C19H19F2N5O2. The summed E-state index contributed by atoms with van der Waals surface area (Å²) in [5.74, 6) is -0.384. The molecule has 9 heteroatoms. The molecule has 28 heavy (non-hydrogen) atoms. The number of nitrogens with zero attached hydrogens (tertiary/aromatic N) is 4. The highest BCUT2D eigenvalue weighted by molar-refractivity contribution is 5.50. The number of anilines is 1. The average molecular weight is 387 g/mol. The van der Waals surface area contributed by atoms with Gasteiger partial charge in [0.2, 0.25) is 5.95 Å². The molecule has 7 nitrogen and oxygen atoms in total. The summed E-state index contributed by atoms with van der Waals surface area (Å²) in [4.78, 5) is 8.48. The van der Waals surface area contributed by atoms with Crippen molar-refractivity contribution >= 4 is 5.95 Å². The van der Waals surface area contributed by atoms with Crippen LogP contribution in [0.1, 0.15) is 42.3 Å². The summed E-state index contributed by atoms with van der Waals surface area (Å²) < 4.78 is 35.9. The number of aromatic nitrogens is 4. The average Bonchev–Trinajstić information content (AvgIpc) is 3.39. The predicted molar refractivity (Wildman–Crippen MR) is 96.8 cm³/mol. The van der Waals surface area contributed by atoms with Gasteiger partial charge >= 0.3 is 6.43 Å². The lowest BCUT2D eigenvalue weighted by molar-refractivity contribution is 0.111. The van der Waals surface area contributed by atoms with Gasteiger partial charge in [-0.1, -0.05) is 29.8 Å². The molecule has 1 N–H and O–H groups in total. The Morgan fingerprint density at radius 1 is 1.14 bits per heavy atom. The molecule has 1 saturated carbocycles. The summed E-state index contributed by atoms with van der Waals surface area (Å²) >= 11 is 0. The highest BCUT2D eigenvalue weighted by Gasteiger charge is 2.24. The Morgan fingerprint density at radius 3 is 2.46 bits per heavy atom. The molecule has 1 aliphatic rings. The van der Waals surface area contributed by atoms with Crippen molar-refractivity contribution in [2.24, 2.45) is 0 Å². The number of hydrogen-bond donors (Lipinski definition) is 1. The Kier molecular flexibility index (Phi) is 5.25. The smallest absolute Gasteiger partial charge is 0.314 e. The number of halogens is 2. The molecule has 2 heterocycles. The lowest BCUT2D eigenvalue weighted by Gasteiger charge is -2.19. The van der Waals surface area contributed by atoms with E-state index in [9.17, 15) is 8.78 Å². The molecule has 1 aromatic carbocycles. The van der Waals surface area contributed by atoms with Gasteiger partial charge in [-0.05, 0) is 25.3 Å². The highest BCUT2D eigenvalue weighted by Crippen LogP contribution is 2.27. The van der Waals surface area contributed by atoms with E-state index in [1.165, 1.54) is 18.0 Å². The van der Waals surface area contributed by atoms with Gasteiger partial charge in [0.05, 0.1) is 24.3 Å². The zero-order valence-corrected chi connectivity index (χ0v) is 15.2. The van der Waals surface area contributed by atoms with Crippen molar-refractivity contribution in [3.63, 3.8) is 0 Å². The maximum atomic E-state index is 12.6. The molecule has 1 fully saturated rings. The first-order chi connectivity index (χ1) is 13.6. The van der Waals surface area contributed by atoms with E-state index >= 15 is 0 Å². The van der Waals surface area contributed by atoms with Crippen molar-refractivity contribution in [3.05, 3.63) is 53.7 Å². The summed E-state index contributed by atoms with van der Waals surface area (Å²) in [6.45, 7) is 2.53. The van der Waals surface area contributed by atoms with Crippen LogP contribution in [0.2, 0.25) is 0 Å². The largest absolute Gasteiger partial charge is 0.415 e. The van der Waals surface area contributed by atoms with E-state index in [4.69, 9.17) is 9.15 Å². The lowest BCUT2D eigenvalue weighted by atomic mass is 10.1. The van der Waals surface area contributed by atoms with Gasteiger partial charge < -0.3 is 14.5 Å². The third-order valence-corrected chi connectivity index (χ3v) is 4.33. The third-order valence-electron chi connectivity index (χ3n) is 4.33. The molecule has 1 unspecified atom stereocenters. The van der Waals surface area contributed by atoms with Gasteiger partial charge in [0, 0.05) is 12.4 Å². The van der Waals surface area contributed by atoms with Gasteiger partial charge in [0.15, 0.2) is 0 Å². The molecule has 1 atom stereocenters. The molecule has 1 aliphatic carbocycles. The zero-order chi connectivity index (χ0) is 19.5. The van der Waals surface area contributed by atoms with Crippen LogP contribution >= 0.6 is 0 Å². The van der Waals surface area contributed by atoms with Crippen LogP contribution < -0.4 is 5.32 Å². The van der Waals surface area contributed by atoms with Crippen molar-refractivity contribution in [1.29, 1.82) is 0 Å². The summed E-state index contributed by atoms with van der Waals surface area (Å²) in [7, 11) is 0. The number of ether oxygens (including phenoxy) is 1. The molecule has 0 aliphatic heterocycles. The van der Waals surface area contributed by atoms with Gasteiger partial charge in [-0.2, -0.15) is 8.78 Å². The van der Waals surface area contributed by atoms with Crippen molar-refractivity contribution in [2.45, 2.75) is 38.3 Å². The van der Waals surface area contributed by atoms with Crippen molar-refractivity contribution in [2.75, 3.05) is 11.9 Å². The zero-order valence-electron chi connectivity index (χ0n) is 15.2. The molecule has 0 amide bonds. The van der Waals surface area contributed by atoms with Crippen LogP contribution in [0, 0.1) is 6.92 Å². The van der Waals surface area contributed by atoms with E-state index in [2.05, 4.69) is 25.5 Å². The first kappa shape index (κ1) is 18.4. The third kappa shape index (κ3) is 4.48. The van der Waals surface area contributed by atoms with Crippen molar-refractivity contribution in [3.8, 4) is 11.5 Å². The van der Waals surface area contributed by atoms with E-state index in [0.717, 1.165) is 18.4 Å². The summed E-state index contributed by atoms with van der Waals surface area (Å²) in [6.07, 6.45) is 2.61. The minimum absolute atomic E-state index is 0.0472. The molecular weight excluding hydrogens is 368 g/mol. The molecule has 146 valence electrons.